The maximum Gasteiger partial charge on any atom is 0.145 e. The largest absolute Gasteiger partial charge is 0.367 e. The minimum atomic E-state index is 0.733. The van der Waals surface area contributed by atoms with Crippen molar-refractivity contribution in [3.05, 3.63) is 30.3 Å². The molecule has 13 heavy (non-hydrogen) atoms. The Balaban J connectivity index is 2.31. The van der Waals surface area contributed by atoms with Crippen LogP contribution in [0.2, 0.25) is 0 Å². The number of rotatable bonds is 3. The molecule has 2 heterocycles. The van der Waals surface area contributed by atoms with Crippen LogP contribution in [0.3, 0.4) is 0 Å². The van der Waals surface area contributed by atoms with Gasteiger partial charge in [0, 0.05) is 6.54 Å². The maximum absolute atomic E-state index is 4.37. The Morgan fingerprint density at radius 3 is 3.31 bits per heavy atom. The van der Waals surface area contributed by atoms with Crippen molar-refractivity contribution in [2.45, 2.75) is 0 Å². The second-order valence-corrected chi connectivity index (χ2v) is 3.38. The highest BCUT2D eigenvalue weighted by Crippen LogP contribution is 2.17. The van der Waals surface area contributed by atoms with E-state index < -0.39 is 0 Å². The smallest absolute Gasteiger partial charge is 0.145 e. The van der Waals surface area contributed by atoms with Gasteiger partial charge >= 0.3 is 0 Å². The van der Waals surface area contributed by atoms with E-state index in [-0.39, 0.29) is 0 Å². The number of hydrogen-bond acceptors (Lipinski definition) is 4. The Morgan fingerprint density at radius 1 is 1.54 bits per heavy atom. The highest BCUT2D eigenvalue weighted by molar-refractivity contribution is 7.16. The van der Waals surface area contributed by atoms with Gasteiger partial charge in [-0.05, 0) is 12.1 Å². The Morgan fingerprint density at radius 2 is 2.46 bits per heavy atom. The van der Waals surface area contributed by atoms with Crippen molar-refractivity contribution in [2.75, 3.05) is 11.9 Å². The first-order chi connectivity index (χ1) is 6.40. The Hall–Kier alpha value is -1.42. The van der Waals surface area contributed by atoms with Crippen LogP contribution in [0.1, 0.15) is 0 Å². The number of nitrogens with zero attached hydrogens (tertiary/aromatic N) is 2. The fourth-order valence-corrected chi connectivity index (χ4v) is 1.68. The van der Waals surface area contributed by atoms with Gasteiger partial charge in [-0.15, -0.1) is 17.9 Å². The monoisotopic (exact) mass is 191 g/mol. The summed E-state index contributed by atoms with van der Waals surface area (Å²) < 4.78 is 0. The van der Waals surface area contributed by atoms with Crippen LogP contribution in [0.4, 0.5) is 5.82 Å². The van der Waals surface area contributed by atoms with Crippen molar-refractivity contribution in [3.63, 3.8) is 0 Å². The molecule has 0 aliphatic carbocycles. The summed E-state index contributed by atoms with van der Waals surface area (Å²) in [6.45, 7) is 4.36. The molecule has 2 rings (SSSR count). The van der Waals surface area contributed by atoms with Gasteiger partial charge in [0.1, 0.15) is 16.2 Å². The third-order valence-electron chi connectivity index (χ3n) is 1.62. The predicted molar refractivity (Wildman–Crippen MR) is 56.1 cm³/mol. The fourth-order valence-electron chi connectivity index (χ4n) is 1.03. The summed E-state index contributed by atoms with van der Waals surface area (Å²) in [7, 11) is 0. The number of aromatic nitrogens is 2. The van der Waals surface area contributed by atoms with Gasteiger partial charge in [0.15, 0.2) is 0 Å². The Bertz CT molecular complexity index is 421. The van der Waals surface area contributed by atoms with E-state index in [0.717, 1.165) is 22.7 Å². The van der Waals surface area contributed by atoms with Crippen molar-refractivity contribution in [2.24, 2.45) is 0 Å². The molecule has 66 valence electrons. The van der Waals surface area contributed by atoms with Crippen LogP contribution in [-0.4, -0.2) is 16.5 Å². The molecule has 3 nitrogen and oxygen atoms in total. The normalized spacial score (nSPS) is 10.2. The Labute approximate surface area is 80.1 Å². The van der Waals surface area contributed by atoms with Gasteiger partial charge in [0.25, 0.3) is 0 Å². The number of hydrogen-bond donors (Lipinski definition) is 1. The average Bonchev–Trinajstić information content (AvgIpc) is 2.61. The van der Waals surface area contributed by atoms with Crippen LogP contribution in [0.25, 0.3) is 10.3 Å². The minimum absolute atomic E-state index is 0.733. The lowest BCUT2D eigenvalue weighted by Crippen LogP contribution is -1.99. The van der Waals surface area contributed by atoms with E-state index in [9.17, 15) is 0 Å². The van der Waals surface area contributed by atoms with Crippen LogP contribution < -0.4 is 5.32 Å². The van der Waals surface area contributed by atoms with Gasteiger partial charge in [0.2, 0.25) is 0 Å². The van der Waals surface area contributed by atoms with Gasteiger partial charge in [0.05, 0.1) is 5.51 Å². The molecule has 0 saturated heterocycles. The van der Waals surface area contributed by atoms with Crippen LogP contribution in [0, 0.1) is 0 Å². The highest BCUT2D eigenvalue weighted by atomic mass is 32.1. The average molecular weight is 191 g/mol. The zero-order valence-electron chi connectivity index (χ0n) is 7.03. The summed E-state index contributed by atoms with van der Waals surface area (Å²) in [5.74, 6) is 0.872. The second kappa shape index (κ2) is 3.53. The molecule has 0 unspecified atom stereocenters. The van der Waals surface area contributed by atoms with Crippen molar-refractivity contribution in [3.8, 4) is 0 Å². The summed E-state index contributed by atoms with van der Waals surface area (Å²) in [6.07, 6.45) is 1.80. The van der Waals surface area contributed by atoms with Crippen LogP contribution in [0.5, 0.6) is 0 Å². The lowest BCUT2D eigenvalue weighted by Gasteiger charge is -2.00. The number of anilines is 1. The molecule has 4 heteroatoms. The van der Waals surface area contributed by atoms with Gasteiger partial charge in [-0.1, -0.05) is 6.08 Å². The first kappa shape index (κ1) is 8.19. The number of nitrogens with one attached hydrogen (secondary N) is 1. The molecule has 0 aromatic carbocycles. The number of fused-ring (bicyclic) bond motifs is 1. The van der Waals surface area contributed by atoms with E-state index in [2.05, 4.69) is 21.9 Å². The van der Waals surface area contributed by atoms with Crippen molar-refractivity contribution in [1.29, 1.82) is 0 Å². The van der Waals surface area contributed by atoms with Crippen LogP contribution >= 0.6 is 11.3 Å². The van der Waals surface area contributed by atoms with E-state index >= 15 is 0 Å². The lowest BCUT2D eigenvalue weighted by atomic mass is 10.4. The zero-order chi connectivity index (χ0) is 9.10. The molecule has 0 atom stereocenters. The molecule has 0 saturated carbocycles. The zero-order valence-corrected chi connectivity index (χ0v) is 7.84. The molecule has 2 aromatic heterocycles. The minimum Gasteiger partial charge on any atom is -0.367 e. The van der Waals surface area contributed by atoms with Crippen LogP contribution in [-0.2, 0) is 0 Å². The fraction of sp³-hybridized carbons (Fsp3) is 0.111. The number of pyridine rings is 1. The Kier molecular flexibility index (Phi) is 2.23. The summed E-state index contributed by atoms with van der Waals surface area (Å²) in [5.41, 5.74) is 2.75. The van der Waals surface area contributed by atoms with E-state index in [1.54, 1.807) is 22.9 Å². The number of thiazole rings is 1. The third kappa shape index (κ3) is 1.67. The molecule has 0 bridgehead atoms. The molecule has 0 radical (unpaired) electrons. The predicted octanol–water partition coefficient (Wildman–Crippen LogP) is 2.29. The molecule has 0 fully saturated rings. The van der Waals surface area contributed by atoms with Gasteiger partial charge in [-0.3, -0.25) is 0 Å². The van der Waals surface area contributed by atoms with E-state index in [4.69, 9.17) is 0 Å². The summed E-state index contributed by atoms with van der Waals surface area (Å²) >= 11 is 1.55. The SMILES string of the molecule is C=CCNc1ccc2ncsc2n1. The molecule has 0 spiro atoms. The van der Waals surface area contributed by atoms with E-state index in [1.807, 2.05) is 12.1 Å². The quantitative estimate of drug-likeness (QED) is 0.756. The van der Waals surface area contributed by atoms with Gasteiger partial charge in [-0.25, -0.2) is 9.97 Å². The molecular formula is C9H9N3S. The van der Waals surface area contributed by atoms with E-state index in [0.29, 0.717) is 0 Å². The molecular weight excluding hydrogens is 182 g/mol. The van der Waals surface area contributed by atoms with E-state index in [1.165, 1.54) is 0 Å². The topological polar surface area (TPSA) is 37.8 Å². The van der Waals surface area contributed by atoms with Crippen LogP contribution in [0.15, 0.2) is 30.3 Å². The lowest BCUT2D eigenvalue weighted by molar-refractivity contribution is 1.27. The molecule has 0 amide bonds. The summed E-state index contributed by atoms with van der Waals surface area (Å²) in [6, 6.07) is 3.88. The first-order valence-electron chi connectivity index (χ1n) is 3.95. The molecule has 2 aromatic rings. The second-order valence-electron chi connectivity index (χ2n) is 2.54. The highest BCUT2D eigenvalue weighted by Gasteiger charge is 1.98. The van der Waals surface area contributed by atoms with Gasteiger partial charge in [-0.2, -0.15) is 0 Å². The molecule has 0 aliphatic heterocycles. The first-order valence-corrected chi connectivity index (χ1v) is 4.83. The van der Waals surface area contributed by atoms with Crippen molar-refractivity contribution < 1.29 is 0 Å². The molecule has 1 N–H and O–H groups in total. The maximum atomic E-state index is 4.37. The van der Waals surface area contributed by atoms with Crippen molar-refractivity contribution >= 4 is 27.5 Å². The summed E-state index contributed by atoms with van der Waals surface area (Å²) in [5, 5.41) is 3.13. The van der Waals surface area contributed by atoms with Gasteiger partial charge < -0.3 is 5.32 Å². The molecule has 0 aliphatic rings. The third-order valence-corrected chi connectivity index (χ3v) is 2.36. The van der Waals surface area contributed by atoms with Crippen molar-refractivity contribution in [1.82, 2.24) is 9.97 Å². The summed E-state index contributed by atoms with van der Waals surface area (Å²) in [4.78, 5) is 9.48. The standard InChI is InChI=1S/C9H9N3S/c1-2-5-10-8-4-3-7-9(12-8)13-6-11-7/h2-4,6H,1,5H2,(H,10,12).